The minimum absolute atomic E-state index is 0.0480. The summed E-state index contributed by atoms with van der Waals surface area (Å²) < 4.78 is 49.8. The van der Waals surface area contributed by atoms with Crippen molar-refractivity contribution in [1.29, 1.82) is 0 Å². The van der Waals surface area contributed by atoms with Crippen molar-refractivity contribution in [3.8, 4) is 17.2 Å². The number of carboxylic acid groups (broad SMARTS) is 1. The van der Waals surface area contributed by atoms with Gasteiger partial charge in [-0.2, -0.15) is 13.2 Å². The van der Waals surface area contributed by atoms with Crippen LogP contribution in [0.5, 0.6) is 17.2 Å². The lowest BCUT2D eigenvalue weighted by Crippen LogP contribution is -2.32. The number of aromatic nitrogens is 1. The van der Waals surface area contributed by atoms with Gasteiger partial charge in [-0.05, 0) is 80.3 Å². The molecule has 2 amide bonds. The standard InChI is InChI=1S/C31H34N4O5.C2HF3O2/c1-5-38-28-17-23(9-12-27(28)39-19(2)3)29(40-25-10-11-26-22(16-25)13-14-33-30(26)32)31(37)34-18-21-7-6-8-24(15-21)35-20(4)36;3-2(4,5)1(6)7/h6-17,19,29H,5,18H2,1-4H3,(H2,32,33)(H,34,37)(H,35,36);(H,6,7). The number of carbonyl (C=O) groups is 3. The van der Waals surface area contributed by atoms with Crippen LogP contribution in [0.25, 0.3) is 10.8 Å². The summed E-state index contributed by atoms with van der Waals surface area (Å²) in [5.41, 5.74) is 8.08. The van der Waals surface area contributed by atoms with Crippen molar-refractivity contribution >= 4 is 40.1 Å². The summed E-state index contributed by atoms with van der Waals surface area (Å²) in [4.78, 5) is 38.1. The van der Waals surface area contributed by atoms with Crippen molar-refractivity contribution in [3.63, 3.8) is 0 Å². The minimum Gasteiger partial charge on any atom is -0.490 e. The lowest BCUT2D eigenvalue weighted by molar-refractivity contribution is -0.192. The van der Waals surface area contributed by atoms with Gasteiger partial charge in [0.1, 0.15) is 11.6 Å². The summed E-state index contributed by atoms with van der Waals surface area (Å²) in [6.07, 6.45) is -4.50. The summed E-state index contributed by atoms with van der Waals surface area (Å²) >= 11 is 0. The van der Waals surface area contributed by atoms with Gasteiger partial charge in [0.25, 0.3) is 5.91 Å². The minimum atomic E-state index is -5.08. The number of halogens is 3. The van der Waals surface area contributed by atoms with E-state index in [0.29, 0.717) is 40.9 Å². The lowest BCUT2D eigenvalue weighted by atomic mass is 10.1. The van der Waals surface area contributed by atoms with Crippen LogP contribution in [-0.2, 0) is 20.9 Å². The van der Waals surface area contributed by atoms with Crippen molar-refractivity contribution in [3.05, 3.63) is 84.1 Å². The number of hydrogen-bond acceptors (Lipinski definition) is 8. The quantitative estimate of drug-likeness (QED) is 0.151. The highest BCUT2D eigenvalue weighted by Gasteiger charge is 2.38. The van der Waals surface area contributed by atoms with E-state index in [1.165, 1.54) is 6.92 Å². The molecule has 0 saturated carbocycles. The van der Waals surface area contributed by atoms with Crippen LogP contribution in [0.3, 0.4) is 0 Å². The van der Waals surface area contributed by atoms with E-state index in [0.717, 1.165) is 16.3 Å². The Bertz CT molecular complexity index is 1710. The molecule has 0 radical (unpaired) electrons. The highest BCUT2D eigenvalue weighted by atomic mass is 19.4. The van der Waals surface area contributed by atoms with E-state index in [4.69, 9.17) is 29.8 Å². The Hall–Kier alpha value is -5.53. The molecule has 0 fully saturated rings. The van der Waals surface area contributed by atoms with E-state index in [1.54, 1.807) is 36.5 Å². The molecule has 1 aromatic heterocycles. The Morgan fingerprint density at radius 2 is 1.70 bits per heavy atom. The van der Waals surface area contributed by atoms with Gasteiger partial charge in [-0.1, -0.05) is 18.2 Å². The number of hydrogen-bond donors (Lipinski definition) is 4. The van der Waals surface area contributed by atoms with Crippen molar-refractivity contribution in [2.24, 2.45) is 0 Å². The molecule has 0 spiro atoms. The summed E-state index contributed by atoms with van der Waals surface area (Å²) in [6, 6.07) is 19.9. The Labute approximate surface area is 268 Å². The van der Waals surface area contributed by atoms with Gasteiger partial charge in [0.15, 0.2) is 11.5 Å². The molecule has 1 unspecified atom stereocenters. The zero-order chi connectivity index (χ0) is 34.7. The monoisotopic (exact) mass is 656 g/mol. The molecular weight excluding hydrogens is 621 g/mol. The zero-order valence-corrected chi connectivity index (χ0v) is 26.1. The third-order valence-corrected chi connectivity index (χ3v) is 6.15. The topological polar surface area (TPSA) is 162 Å². The molecule has 47 heavy (non-hydrogen) atoms. The van der Waals surface area contributed by atoms with Gasteiger partial charge in [-0.25, -0.2) is 9.78 Å². The van der Waals surface area contributed by atoms with Gasteiger partial charge in [-0.3, -0.25) is 9.59 Å². The molecule has 11 nitrogen and oxygen atoms in total. The van der Waals surface area contributed by atoms with Crippen LogP contribution in [-0.4, -0.2) is 46.8 Å². The van der Waals surface area contributed by atoms with Gasteiger partial charge >= 0.3 is 12.1 Å². The van der Waals surface area contributed by atoms with Gasteiger partial charge in [0.05, 0.1) is 12.7 Å². The first-order valence-electron chi connectivity index (χ1n) is 14.4. The number of nitrogen functional groups attached to an aromatic ring is 1. The van der Waals surface area contributed by atoms with E-state index >= 15 is 0 Å². The molecular formula is C33H35F3N4O7. The smallest absolute Gasteiger partial charge is 0.490 e. The van der Waals surface area contributed by atoms with Crippen LogP contribution >= 0.6 is 0 Å². The second-order valence-corrected chi connectivity index (χ2v) is 10.3. The third-order valence-electron chi connectivity index (χ3n) is 6.15. The highest BCUT2D eigenvalue weighted by molar-refractivity contribution is 5.92. The Morgan fingerprint density at radius 3 is 2.34 bits per heavy atom. The molecule has 5 N–H and O–H groups in total. The first kappa shape index (κ1) is 35.9. The van der Waals surface area contributed by atoms with E-state index in [9.17, 15) is 22.8 Å². The predicted octanol–water partition coefficient (Wildman–Crippen LogP) is 6.03. The van der Waals surface area contributed by atoms with Gasteiger partial charge < -0.3 is 35.7 Å². The van der Waals surface area contributed by atoms with Crippen LogP contribution in [0, 0.1) is 0 Å². The van der Waals surface area contributed by atoms with E-state index in [-0.39, 0.29) is 24.5 Å². The number of benzene rings is 3. The number of fused-ring (bicyclic) bond motifs is 1. The van der Waals surface area contributed by atoms with Crippen LogP contribution in [0.2, 0.25) is 0 Å². The number of ether oxygens (including phenoxy) is 3. The van der Waals surface area contributed by atoms with Crippen molar-refractivity contribution in [1.82, 2.24) is 10.3 Å². The van der Waals surface area contributed by atoms with Crippen LogP contribution in [0.1, 0.15) is 44.9 Å². The molecule has 4 rings (SSSR count). The Morgan fingerprint density at radius 1 is 0.979 bits per heavy atom. The number of rotatable bonds is 11. The van der Waals surface area contributed by atoms with Crippen LogP contribution < -0.4 is 30.6 Å². The molecule has 4 aromatic rings. The normalized spacial score (nSPS) is 11.6. The van der Waals surface area contributed by atoms with Gasteiger partial charge in [0, 0.05) is 36.3 Å². The molecule has 0 aliphatic rings. The average molecular weight is 657 g/mol. The molecule has 0 aliphatic carbocycles. The predicted molar refractivity (Wildman–Crippen MR) is 169 cm³/mol. The van der Waals surface area contributed by atoms with E-state index < -0.39 is 18.2 Å². The number of pyridine rings is 1. The summed E-state index contributed by atoms with van der Waals surface area (Å²) in [5.74, 6) is -1.25. The van der Waals surface area contributed by atoms with Crippen molar-refractivity contribution in [2.75, 3.05) is 17.7 Å². The highest BCUT2D eigenvalue weighted by Crippen LogP contribution is 2.34. The Kier molecular flexibility index (Phi) is 12.4. The number of nitrogens with two attached hydrogens (primary N) is 1. The number of alkyl halides is 3. The molecule has 250 valence electrons. The molecule has 14 heteroatoms. The maximum absolute atomic E-state index is 13.6. The fraction of sp³-hybridized carbons (Fsp3) is 0.273. The lowest BCUT2D eigenvalue weighted by Gasteiger charge is -2.22. The number of nitrogens with one attached hydrogen (secondary N) is 2. The van der Waals surface area contributed by atoms with Crippen molar-refractivity contribution < 1.29 is 46.9 Å². The fourth-order valence-corrected chi connectivity index (χ4v) is 4.21. The Balaban J connectivity index is 0.000000771. The molecule has 1 heterocycles. The van der Waals surface area contributed by atoms with Gasteiger partial charge in [-0.15, -0.1) is 0 Å². The summed E-state index contributed by atoms with van der Waals surface area (Å²) in [7, 11) is 0. The summed E-state index contributed by atoms with van der Waals surface area (Å²) in [5, 5.41) is 14.5. The van der Waals surface area contributed by atoms with E-state index in [1.807, 2.05) is 57.2 Å². The largest absolute Gasteiger partial charge is 0.490 e. The first-order chi connectivity index (χ1) is 22.2. The molecule has 0 bridgehead atoms. The molecule has 1 atom stereocenters. The first-order valence-corrected chi connectivity index (χ1v) is 14.4. The zero-order valence-electron chi connectivity index (χ0n) is 26.1. The number of aliphatic carboxylic acids is 1. The number of carboxylic acids is 1. The molecule has 0 saturated heterocycles. The fourth-order valence-electron chi connectivity index (χ4n) is 4.21. The summed E-state index contributed by atoms with van der Waals surface area (Å²) in [6.45, 7) is 7.87. The van der Waals surface area contributed by atoms with Crippen LogP contribution in [0.4, 0.5) is 24.7 Å². The number of anilines is 2. The second kappa shape index (κ2) is 16.2. The number of nitrogens with zero attached hydrogens (tertiary/aromatic N) is 1. The second-order valence-electron chi connectivity index (χ2n) is 10.3. The average Bonchev–Trinajstić information content (AvgIpc) is 2.99. The van der Waals surface area contributed by atoms with Gasteiger partial charge in [0.2, 0.25) is 12.0 Å². The molecule has 0 aliphatic heterocycles. The third kappa shape index (κ3) is 10.8. The van der Waals surface area contributed by atoms with Crippen molar-refractivity contribution in [2.45, 2.75) is 52.6 Å². The van der Waals surface area contributed by atoms with E-state index in [2.05, 4.69) is 15.6 Å². The number of amides is 2. The SMILES string of the molecule is CCOc1cc(C(Oc2ccc3c(N)nccc3c2)C(=O)NCc2cccc(NC(C)=O)c2)ccc1OC(C)C.O=C(O)C(F)(F)F. The molecule has 3 aromatic carbocycles. The maximum atomic E-state index is 13.6. The van der Waals surface area contributed by atoms with Crippen LogP contribution in [0.15, 0.2) is 72.9 Å². The number of carbonyl (C=O) groups excluding carboxylic acids is 2. The maximum Gasteiger partial charge on any atom is 0.490 e.